The second-order valence-corrected chi connectivity index (χ2v) is 8.70. The highest BCUT2D eigenvalue weighted by Crippen LogP contribution is 2.25. The summed E-state index contributed by atoms with van der Waals surface area (Å²) in [7, 11) is -2.98. The Labute approximate surface area is 156 Å². The lowest BCUT2D eigenvalue weighted by Gasteiger charge is -2.29. The van der Waals surface area contributed by atoms with E-state index >= 15 is 0 Å². The minimum Gasteiger partial charge on any atom is -0.368 e. The molecule has 8 heteroatoms. The first kappa shape index (κ1) is 19.3. The topological polar surface area (TPSA) is 66.5 Å². The Balaban J connectivity index is 1.71. The number of carbonyl (C=O) groups is 1. The van der Waals surface area contributed by atoms with Crippen molar-refractivity contribution in [1.29, 1.82) is 0 Å². The molecule has 1 aliphatic rings. The van der Waals surface area contributed by atoms with Crippen molar-refractivity contribution >= 4 is 27.1 Å². The quantitative estimate of drug-likeness (QED) is 0.846. The zero-order valence-corrected chi connectivity index (χ0v) is 15.6. The van der Waals surface area contributed by atoms with Crippen molar-refractivity contribution in [3.05, 3.63) is 59.7 Å². The molecular weight excluding hydrogens is 374 g/mol. The Kier molecular flexibility index (Phi) is 5.46. The van der Waals surface area contributed by atoms with Crippen LogP contribution in [0, 0.1) is 11.6 Å². The van der Waals surface area contributed by atoms with Crippen LogP contribution in [-0.2, 0) is 9.84 Å². The highest BCUT2D eigenvalue weighted by Gasteiger charge is 2.31. The summed E-state index contributed by atoms with van der Waals surface area (Å²) in [5.41, 5.74) is 1.39. The molecule has 0 aliphatic carbocycles. The smallest absolute Gasteiger partial charge is 0.255 e. The van der Waals surface area contributed by atoms with Crippen molar-refractivity contribution in [2.75, 3.05) is 28.3 Å². The molecule has 2 aromatic rings. The largest absolute Gasteiger partial charge is 0.368 e. The predicted octanol–water partition coefficient (Wildman–Crippen LogP) is 3.23. The summed E-state index contributed by atoms with van der Waals surface area (Å²) in [6, 6.07) is 9.90. The van der Waals surface area contributed by atoms with Gasteiger partial charge >= 0.3 is 0 Å². The maximum absolute atomic E-state index is 13.3. The number of anilines is 2. The summed E-state index contributed by atoms with van der Waals surface area (Å²) in [4.78, 5) is 14.2. The monoisotopic (exact) mass is 394 g/mol. The Morgan fingerprint density at radius 3 is 2.41 bits per heavy atom. The molecule has 1 aliphatic heterocycles. The second-order valence-electron chi connectivity index (χ2n) is 6.47. The number of carbonyl (C=O) groups excluding carboxylic acids is 1. The Morgan fingerprint density at radius 1 is 1.15 bits per heavy atom. The maximum Gasteiger partial charge on any atom is 0.255 e. The normalized spacial score (nSPS) is 18.3. The first-order valence-corrected chi connectivity index (χ1v) is 10.4. The number of halogens is 2. The summed E-state index contributed by atoms with van der Waals surface area (Å²) in [5.74, 6) is -2.28. The number of amides is 1. The summed E-state index contributed by atoms with van der Waals surface area (Å²) >= 11 is 0. The van der Waals surface area contributed by atoms with Gasteiger partial charge in [-0.2, -0.15) is 0 Å². The van der Waals surface area contributed by atoms with Crippen LogP contribution in [0.15, 0.2) is 42.5 Å². The molecule has 2 aromatic carbocycles. The van der Waals surface area contributed by atoms with Gasteiger partial charge in [-0.1, -0.05) is 0 Å². The van der Waals surface area contributed by atoms with Gasteiger partial charge in [-0.15, -0.1) is 0 Å². The van der Waals surface area contributed by atoms with Gasteiger partial charge in [-0.05, 0) is 55.8 Å². The fourth-order valence-corrected chi connectivity index (χ4v) is 4.98. The molecule has 0 aromatic heterocycles. The molecule has 0 radical (unpaired) electrons. The molecule has 144 valence electrons. The number of nitrogens with zero attached hydrogens (tertiary/aromatic N) is 1. The first-order valence-electron chi connectivity index (χ1n) is 8.62. The van der Waals surface area contributed by atoms with Gasteiger partial charge < -0.3 is 10.2 Å². The Morgan fingerprint density at radius 2 is 1.85 bits per heavy atom. The number of sulfone groups is 1. The van der Waals surface area contributed by atoms with Crippen LogP contribution in [-0.4, -0.2) is 38.4 Å². The lowest BCUT2D eigenvalue weighted by atomic mass is 10.1. The standard InChI is InChI=1S/C19H20F2N2O3S/c1-2-23(16-9-10-27(25,26)12-16)15-6-4-14(5-7-15)22-19(24)13-3-8-17(20)18(21)11-13/h3-8,11,16H,2,9-10,12H2,1H3,(H,22,24). The summed E-state index contributed by atoms with van der Waals surface area (Å²) in [6.45, 7) is 2.63. The van der Waals surface area contributed by atoms with Crippen LogP contribution < -0.4 is 10.2 Å². The summed E-state index contributed by atoms with van der Waals surface area (Å²) in [6.07, 6.45) is 0.602. The van der Waals surface area contributed by atoms with E-state index in [2.05, 4.69) is 5.32 Å². The highest BCUT2D eigenvalue weighted by atomic mass is 32.2. The minimum atomic E-state index is -2.98. The lowest BCUT2D eigenvalue weighted by molar-refractivity contribution is 0.102. The zero-order chi connectivity index (χ0) is 19.6. The molecule has 1 unspecified atom stereocenters. The van der Waals surface area contributed by atoms with Gasteiger partial charge in [-0.25, -0.2) is 17.2 Å². The van der Waals surface area contributed by atoms with Gasteiger partial charge in [0.2, 0.25) is 0 Å². The number of nitrogens with one attached hydrogen (secondary N) is 1. The van der Waals surface area contributed by atoms with Crippen molar-refractivity contribution in [3.8, 4) is 0 Å². The molecule has 1 N–H and O–H groups in total. The van der Waals surface area contributed by atoms with E-state index in [4.69, 9.17) is 0 Å². The molecule has 1 saturated heterocycles. The first-order chi connectivity index (χ1) is 12.8. The van der Waals surface area contributed by atoms with Crippen molar-refractivity contribution in [2.45, 2.75) is 19.4 Å². The van der Waals surface area contributed by atoms with Gasteiger partial charge in [-0.3, -0.25) is 4.79 Å². The molecule has 0 saturated carbocycles. The van der Waals surface area contributed by atoms with E-state index in [1.807, 2.05) is 11.8 Å². The highest BCUT2D eigenvalue weighted by molar-refractivity contribution is 7.91. The third-order valence-corrected chi connectivity index (χ3v) is 6.38. The van der Waals surface area contributed by atoms with Gasteiger partial charge in [0, 0.05) is 29.5 Å². The fraction of sp³-hybridized carbons (Fsp3) is 0.316. The van der Waals surface area contributed by atoms with E-state index in [1.165, 1.54) is 6.07 Å². The second kappa shape index (κ2) is 7.64. The molecule has 27 heavy (non-hydrogen) atoms. The number of benzene rings is 2. The van der Waals surface area contributed by atoms with Gasteiger partial charge in [0.25, 0.3) is 5.91 Å². The van der Waals surface area contributed by atoms with E-state index in [9.17, 15) is 22.0 Å². The molecule has 1 fully saturated rings. The number of hydrogen-bond donors (Lipinski definition) is 1. The Bertz CT molecular complexity index is 946. The third-order valence-electron chi connectivity index (χ3n) is 4.63. The fourth-order valence-electron chi connectivity index (χ4n) is 3.25. The number of rotatable bonds is 5. The van der Waals surface area contributed by atoms with Crippen LogP contribution in [0.2, 0.25) is 0 Å². The van der Waals surface area contributed by atoms with Crippen LogP contribution in [0.25, 0.3) is 0 Å². The van der Waals surface area contributed by atoms with Gasteiger partial charge in [0.1, 0.15) is 0 Å². The molecular formula is C19H20F2N2O3S. The maximum atomic E-state index is 13.3. The molecule has 0 bridgehead atoms. The van der Waals surface area contributed by atoms with Crippen LogP contribution in [0.5, 0.6) is 0 Å². The minimum absolute atomic E-state index is 0.0179. The zero-order valence-electron chi connectivity index (χ0n) is 14.8. The van der Waals surface area contributed by atoms with E-state index in [0.717, 1.165) is 17.8 Å². The molecule has 1 atom stereocenters. The average molecular weight is 394 g/mol. The van der Waals surface area contributed by atoms with Gasteiger partial charge in [0.15, 0.2) is 21.5 Å². The SMILES string of the molecule is CCN(c1ccc(NC(=O)c2ccc(F)c(F)c2)cc1)C1CCS(=O)(=O)C1. The van der Waals surface area contributed by atoms with Crippen molar-refractivity contribution in [1.82, 2.24) is 0 Å². The van der Waals surface area contributed by atoms with E-state index in [-0.39, 0.29) is 23.1 Å². The van der Waals surface area contributed by atoms with E-state index < -0.39 is 27.4 Å². The van der Waals surface area contributed by atoms with Crippen LogP contribution in [0.1, 0.15) is 23.7 Å². The van der Waals surface area contributed by atoms with Crippen LogP contribution >= 0.6 is 0 Å². The molecule has 5 nitrogen and oxygen atoms in total. The number of hydrogen-bond acceptors (Lipinski definition) is 4. The van der Waals surface area contributed by atoms with Gasteiger partial charge in [0.05, 0.1) is 11.5 Å². The predicted molar refractivity (Wildman–Crippen MR) is 101 cm³/mol. The van der Waals surface area contributed by atoms with Crippen molar-refractivity contribution in [3.63, 3.8) is 0 Å². The van der Waals surface area contributed by atoms with Crippen molar-refractivity contribution in [2.24, 2.45) is 0 Å². The molecule has 0 spiro atoms. The third kappa shape index (κ3) is 4.44. The molecule has 1 heterocycles. The summed E-state index contributed by atoms with van der Waals surface area (Å²) in [5, 5.41) is 2.63. The van der Waals surface area contributed by atoms with Crippen LogP contribution in [0.4, 0.5) is 20.2 Å². The molecule has 3 rings (SSSR count). The van der Waals surface area contributed by atoms with Crippen molar-refractivity contribution < 1.29 is 22.0 Å². The van der Waals surface area contributed by atoms with E-state index in [0.29, 0.717) is 18.7 Å². The van der Waals surface area contributed by atoms with Crippen LogP contribution in [0.3, 0.4) is 0 Å². The van der Waals surface area contributed by atoms with E-state index in [1.54, 1.807) is 24.3 Å². The summed E-state index contributed by atoms with van der Waals surface area (Å²) < 4.78 is 49.7. The molecule has 1 amide bonds. The lowest BCUT2D eigenvalue weighted by Crippen LogP contribution is -2.36. The Hall–Kier alpha value is -2.48. The average Bonchev–Trinajstić information content (AvgIpc) is 2.99.